The molecule has 0 amide bonds. The topological polar surface area (TPSA) is 60.2 Å². The summed E-state index contributed by atoms with van der Waals surface area (Å²) in [5, 5.41) is 3.50. The quantitative estimate of drug-likeness (QED) is 0.801. The van der Waals surface area contributed by atoms with E-state index in [1.54, 1.807) is 12.4 Å². The Bertz CT molecular complexity index is 416. The fourth-order valence-corrected chi connectivity index (χ4v) is 2.16. The van der Waals surface area contributed by atoms with Crippen molar-refractivity contribution in [3.63, 3.8) is 0 Å². The van der Waals surface area contributed by atoms with Gasteiger partial charge in [-0.3, -0.25) is 4.98 Å². The highest BCUT2D eigenvalue weighted by Gasteiger charge is 2.27. The third kappa shape index (κ3) is 2.92. The summed E-state index contributed by atoms with van der Waals surface area (Å²) in [7, 11) is 0. The number of hydrogen-bond acceptors (Lipinski definition) is 4. The van der Waals surface area contributed by atoms with E-state index < -0.39 is 0 Å². The van der Waals surface area contributed by atoms with E-state index in [1.807, 2.05) is 6.07 Å². The van der Waals surface area contributed by atoms with Gasteiger partial charge in [-0.05, 0) is 25.8 Å². The number of rotatable bonds is 3. The van der Waals surface area contributed by atoms with Gasteiger partial charge in [0.2, 0.25) is 0 Å². The Labute approximate surface area is 107 Å². The minimum absolute atomic E-state index is 0.0286. The van der Waals surface area contributed by atoms with Gasteiger partial charge in [0.15, 0.2) is 0 Å². The molecule has 2 heterocycles. The number of anilines is 1. The lowest BCUT2D eigenvalue weighted by molar-refractivity contribution is 0.0658. The van der Waals surface area contributed by atoms with Crippen LogP contribution in [0.5, 0.6) is 0 Å². The second-order valence-electron chi connectivity index (χ2n) is 4.58. The molecule has 2 rings (SSSR count). The molecule has 1 saturated heterocycles. The molecule has 17 heavy (non-hydrogen) atoms. The first-order valence-corrected chi connectivity index (χ1v) is 6.11. The largest absolute Gasteiger partial charge is 0.389 e. The number of aromatic nitrogens is 1. The monoisotopic (exact) mass is 251 g/mol. The summed E-state index contributed by atoms with van der Waals surface area (Å²) in [5.41, 5.74) is 7.49. The van der Waals surface area contributed by atoms with Crippen LogP contribution in [0.1, 0.15) is 25.3 Å². The third-order valence-corrected chi connectivity index (χ3v) is 3.34. The van der Waals surface area contributed by atoms with E-state index >= 15 is 0 Å². The predicted molar refractivity (Wildman–Crippen MR) is 72.2 cm³/mol. The van der Waals surface area contributed by atoms with Gasteiger partial charge in [0.1, 0.15) is 4.99 Å². The first-order chi connectivity index (χ1) is 8.11. The highest BCUT2D eigenvalue weighted by atomic mass is 32.1. The van der Waals surface area contributed by atoms with Crippen LogP contribution >= 0.6 is 12.2 Å². The second kappa shape index (κ2) is 4.98. The van der Waals surface area contributed by atoms with Crippen molar-refractivity contribution in [3.05, 3.63) is 24.0 Å². The van der Waals surface area contributed by atoms with Crippen LogP contribution in [0.3, 0.4) is 0 Å². The molecular formula is C12H17N3OS. The highest BCUT2D eigenvalue weighted by molar-refractivity contribution is 7.80. The maximum Gasteiger partial charge on any atom is 0.106 e. The molecule has 0 radical (unpaired) electrons. The Morgan fingerprint density at radius 1 is 1.53 bits per heavy atom. The number of ether oxygens (including phenoxy) is 1. The van der Waals surface area contributed by atoms with Gasteiger partial charge >= 0.3 is 0 Å². The summed E-state index contributed by atoms with van der Waals surface area (Å²) >= 11 is 5.04. The lowest BCUT2D eigenvalue weighted by atomic mass is 9.92. The summed E-state index contributed by atoms with van der Waals surface area (Å²) < 4.78 is 5.37. The Hall–Kier alpha value is -1.20. The third-order valence-electron chi connectivity index (χ3n) is 3.12. The van der Waals surface area contributed by atoms with E-state index in [4.69, 9.17) is 22.7 Å². The number of thiocarbonyl (C=S) groups is 1. The van der Waals surface area contributed by atoms with Gasteiger partial charge in [-0.25, -0.2) is 0 Å². The summed E-state index contributed by atoms with van der Waals surface area (Å²) in [5.74, 6) is 0. The molecule has 5 heteroatoms. The number of pyridine rings is 1. The van der Waals surface area contributed by atoms with Crippen molar-refractivity contribution < 1.29 is 4.74 Å². The first kappa shape index (κ1) is 12.3. The Kier molecular flexibility index (Phi) is 3.59. The maximum atomic E-state index is 5.70. The zero-order valence-electron chi connectivity index (χ0n) is 9.90. The van der Waals surface area contributed by atoms with Crippen LogP contribution in [0.4, 0.5) is 5.69 Å². The van der Waals surface area contributed by atoms with Crippen molar-refractivity contribution in [1.29, 1.82) is 0 Å². The van der Waals surface area contributed by atoms with E-state index in [2.05, 4.69) is 17.2 Å². The zero-order chi connectivity index (χ0) is 12.3. The van der Waals surface area contributed by atoms with Crippen molar-refractivity contribution in [3.8, 4) is 0 Å². The van der Waals surface area contributed by atoms with Gasteiger partial charge in [0.25, 0.3) is 0 Å². The predicted octanol–water partition coefficient (Wildman–Crippen LogP) is 1.70. The van der Waals surface area contributed by atoms with E-state index in [-0.39, 0.29) is 5.54 Å². The Balaban J connectivity index is 2.20. The molecule has 1 aromatic rings. The number of nitrogens with zero attached hydrogens (tertiary/aromatic N) is 1. The second-order valence-corrected chi connectivity index (χ2v) is 5.02. The van der Waals surface area contributed by atoms with Gasteiger partial charge in [-0.1, -0.05) is 12.2 Å². The van der Waals surface area contributed by atoms with E-state index in [0.29, 0.717) is 4.99 Å². The molecular weight excluding hydrogens is 234 g/mol. The van der Waals surface area contributed by atoms with Gasteiger partial charge < -0.3 is 15.8 Å². The molecule has 1 aliphatic heterocycles. The van der Waals surface area contributed by atoms with E-state index in [9.17, 15) is 0 Å². The van der Waals surface area contributed by atoms with Crippen molar-refractivity contribution in [1.82, 2.24) is 4.98 Å². The highest BCUT2D eigenvalue weighted by Crippen LogP contribution is 2.26. The fraction of sp³-hybridized carbons (Fsp3) is 0.500. The molecule has 0 unspecified atom stereocenters. The van der Waals surface area contributed by atoms with Crippen LogP contribution < -0.4 is 11.1 Å². The molecule has 1 aliphatic rings. The maximum absolute atomic E-state index is 5.70. The van der Waals surface area contributed by atoms with Crippen LogP contribution in [0.25, 0.3) is 0 Å². The molecule has 1 aromatic heterocycles. The average molecular weight is 251 g/mol. The molecule has 1 fully saturated rings. The molecule has 0 atom stereocenters. The van der Waals surface area contributed by atoms with Crippen LogP contribution in [0, 0.1) is 0 Å². The minimum atomic E-state index is 0.0286. The van der Waals surface area contributed by atoms with Gasteiger partial charge in [-0.15, -0.1) is 0 Å². The minimum Gasteiger partial charge on any atom is -0.389 e. The van der Waals surface area contributed by atoms with Gasteiger partial charge in [0, 0.05) is 30.5 Å². The summed E-state index contributed by atoms with van der Waals surface area (Å²) in [6.07, 6.45) is 5.42. The van der Waals surface area contributed by atoms with Gasteiger partial charge in [-0.2, -0.15) is 0 Å². The molecule has 0 spiro atoms. The molecule has 92 valence electrons. The Morgan fingerprint density at radius 2 is 2.24 bits per heavy atom. The van der Waals surface area contributed by atoms with Crippen molar-refractivity contribution in [2.75, 3.05) is 18.5 Å². The lowest BCUT2D eigenvalue weighted by Gasteiger charge is -2.35. The number of hydrogen-bond donors (Lipinski definition) is 2. The molecule has 0 aliphatic carbocycles. The fourth-order valence-electron chi connectivity index (χ4n) is 1.98. The van der Waals surface area contributed by atoms with Crippen molar-refractivity contribution in [2.45, 2.75) is 25.3 Å². The molecule has 0 aromatic carbocycles. The molecule has 4 nitrogen and oxygen atoms in total. The lowest BCUT2D eigenvalue weighted by Crippen LogP contribution is -2.41. The van der Waals surface area contributed by atoms with Gasteiger partial charge in [0.05, 0.1) is 11.9 Å². The van der Waals surface area contributed by atoms with E-state index in [0.717, 1.165) is 37.3 Å². The van der Waals surface area contributed by atoms with Crippen molar-refractivity contribution >= 4 is 22.9 Å². The molecule has 3 N–H and O–H groups in total. The average Bonchev–Trinajstić information content (AvgIpc) is 2.29. The zero-order valence-corrected chi connectivity index (χ0v) is 10.7. The van der Waals surface area contributed by atoms with Crippen LogP contribution in [0.2, 0.25) is 0 Å². The van der Waals surface area contributed by atoms with Crippen LogP contribution in [-0.2, 0) is 4.74 Å². The number of nitrogens with one attached hydrogen (secondary N) is 1. The Morgan fingerprint density at radius 3 is 2.88 bits per heavy atom. The number of nitrogens with two attached hydrogens (primary N) is 1. The van der Waals surface area contributed by atoms with Crippen LogP contribution in [0.15, 0.2) is 18.5 Å². The smallest absolute Gasteiger partial charge is 0.106 e. The van der Waals surface area contributed by atoms with E-state index in [1.165, 1.54) is 0 Å². The standard InChI is InChI=1S/C12H17N3OS/c1-12(3-6-16-7-4-12)15-10-8-14-5-2-9(10)11(13)17/h2,5,8,15H,3-4,6-7H2,1H3,(H2,13,17). The summed E-state index contributed by atoms with van der Waals surface area (Å²) in [6.45, 7) is 3.75. The molecule has 0 bridgehead atoms. The normalized spacial score (nSPS) is 18.6. The SMILES string of the molecule is CC1(Nc2cnccc2C(N)=S)CCOCC1. The van der Waals surface area contributed by atoms with Crippen molar-refractivity contribution in [2.24, 2.45) is 5.73 Å². The first-order valence-electron chi connectivity index (χ1n) is 5.70. The summed E-state index contributed by atoms with van der Waals surface area (Å²) in [4.78, 5) is 4.51. The van der Waals surface area contributed by atoms with Crippen LogP contribution in [-0.4, -0.2) is 28.7 Å². The molecule has 0 saturated carbocycles. The summed E-state index contributed by atoms with van der Waals surface area (Å²) in [6, 6.07) is 1.84.